The van der Waals surface area contributed by atoms with Gasteiger partial charge in [0.25, 0.3) is 0 Å². The molecule has 3 heterocycles. The maximum Gasteiger partial charge on any atom is 0.242 e. The number of nitrogens with zero attached hydrogens (tertiary/aromatic N) is 5. The fourth-order valence-electron chi connectivity index (χ4n) is 3.34. The first-order chi connectivity index (χ1) is 13.0. The number of piperazine rings is 1. The fourth-order valence-corrected chi connectivity index (χ4v) is 4.28. The summed E-state index contributed by atoms with van der Waals surface area (Å²) in [6, 6.07) is 6.27. The minimum absolute atomic E-state index is 0.0834. The second-order valence-corrected chi connectivity index (χ2v) is 8.11. The number of hydrogen-bond acceptors (Lipinski definition) is 6. The van der Waals surface area contributed by atoms with Gasteiger partial charge in [-0.1, -0.05) is 11.3 Å². The molecule has 1 amide bonds. The highest BCUT2D eigenvalue weighted by Gasteiger charge is 2.48. The Morgan fingerprint density at radius 3 is 2.48 bits per heavy atom. The van der Waals surface area contributed by atoms with Gasteiger partial charge in [0.05, 0.1) is 17.4 Å². The molecule has 0 spiro atoms. The summed E-state index contributed by atoms with van der Waals surface area (Å²) in [6.07, 6.45) is 3.45. The molecule has 0 bridgehead atoms. The van der Waals surface area contributed by atoms with Crippen molar-refractivity contribution in [3.63, 3.8) is 0 Å². The summed E-state index contributed by atoms with van der Waals surface area (Å²) < 4.78 is 14.8. The normalized spacial score (nSPS) is 18.9. The van der Waals surface area contributed by atoms with Crippen molar-refractivity contribution in [2.75, 3.05) is 31.1 Å². The van der Waals surface area contributed by atoms with Gasteiger partial charge in [0, 0.05) is 31.7 Å². The Labute approximate surface area is 159 Å². The average molecular weight is 386 g/mol. The van der Waals surface area contributed by atoms with E-state index in [0.717, 1.165) is 47.3 Å². The Morgan fingerprint density at radius 2 is 1.85 bits per heavy atom. The molecule has 7 nitrogen and oxygen atoms in total. The van der Waals surface area contributed by atoms with Crippen molar-refractivity contribution in [1.82, 2.24) is 19.5 Å². The molecule has 0 radical (unpaired) electrons. The van der Waals surface area contributed by atoms with Gasteiger partial charge >= 0.3 is 0 Å². The molecule has 5 rings (SSSR count). The molecule has 1 aromatic carbocycles. The fraction of sp³-hybridized carbons (Fsp3) is 0.389. The van der Waals surface area contributed by atoms with E-state index < -0.39 is 5.54 Å². The quantitative estimate of drug-likeness (QED) is 0.742. The molecule has 2 aliphatic rings. The smallest absolute Gasteiger partial charge is 0.242 e. The molecular weight excluding hydrogens is 367 g/mol. The third-order valence-electron chi connectivity index (χ3n) is 5.22. The number of benzene rings is 1. The van der Waals surface area contributed by atoms with Crippen LogP contribution in [0.2, 0.25) is 0 Å². The van der Waals surface area contributed by atoms with Gasteiger partial charge in [-0.2, -0.15) is 0 Å². The largest absolute Gasteiger partial charge is 0.343 e. The molecule has 2 fully saturated rings. The van der Waals surface area contributed by atoms with E-state index >= 15 is 0 Å². The van der Waals surface area contributed by atoms with Crippen molar-refractivity contribution in [2.24, 2.45) is 5.73 Å². The van der Waals surface area contributed by atoms with Crippen LogP contribution in [0.1, 0.15) is 12.8 Å². The summed E-state index contributed by atoms with van der Waals surface area (Å²) in [5, 5.41) is 5.52. The SMILES string of the molecule is NC1(C(=O)N2CCN(c3nn4cc(-c5ccc(F)cc5)nc4s3)CC2)CC1. The monoisotopic (exact) mass is 386 g/mol. The average Bonchev–Trinajstić information content (AvgIpc) is 3.12. The highest BCUT2D eigenvalue weighted by Crippen LogP contribution is 2.35. The number of aromatic nitrogens is 3. The Kier molecular flexibility index (Phi) is 3.70. The van der Waals surface area contributed by atoms with Crippen molar-refractivity contribution >= 4 is 27.3 Å². The number of carbonyl (C=O) groups is 1. The van der Waals surface area contributed by atoms with Crippen molar-refractivity contribution in [2.45, 2.75) is 18.4 Å². The number of fused-ring (bicyclic) bond motifs is 1. The number of amides is 1. The number of rotatable bonds is 3. The van der Waals surface area contributed by atoms with Crippen LogP contribution in [0.3, 0.4) is 0 Å². The van der Waals surface area contributed by atoms with Gasteiger partial charge in [-0.25, -0.2) is 13.9 Å². The molecule has 2 aromatic heterocycles. The predicted octanol–water partition coefficient (Wildman–Crippen LogP) is 1.74. The summed E-state index contributed by atoms with van der Waals surface area (Å²) in [6.45, 7) is 2.81. The molecule has 1 aliphatic heterocycles. The topological polar surface area (TPSA) is 79.8 Å². The van der Waals surface area contributed by atoms with Gasteiger partial charge in [-0.05, 0) is 37.1 Å². The van der Waals surface area contributed by atoms with Crippen LogP contribution in [-0.4, -0.2) is 57.1 Å². The third-order valence-corrected chi connectivity index (χ3v) is 6.21. The highest BCUT2D eigenvalue weighted by atomic mass is 32.1. The van der Waals surface area contributed by atoms with Crippen LogP contribution in [0.5, 0.6) is 0 Å². The van der Waals surface area contributed by atoms with E-state index in [-0.39, 0.29) is 11.7 Å². The number of carbonyl (C=O) groups excluding carboxylic acids is 1. The summed E-state index contributed by atoms with van der Waals surface area (Å²) in [4.78, 5) is 21.8. The number of halogens is 1. The molecule has 140 valence electrons. The molecule has 1 saturated heterocycles. The molecular formula is C18H19FN6OS. The first-order valence-corrected chi connectivity index (χ1v) is 9.79. The van der Waals surface area contributed by atoms with E-state index in [2.05, 4.69) is 15.0 Å². The zero-order chi connectivity index (χ0) is 18.6. The van der Waals surface area contributed by atoms with E-state index in [4.69, 9.17) is 5.73 Å². The summed E-state index contributed by atoms with van der Waals surface area (Å²) >= 11 is 1.51. The van der Waals surface area contributed by atoms with E-state index in [1.54, 1.807) is 16.6 Å². The van der Waals surface area contributed by atoms with Gasteiger partial charge in [0.1, 0.15) is 5.82 Å². The van der Waals surface area contributed by atoms with Gasteiger partial charge in [0.15, 0.2) is 0 Å². The number of anilines is 1. The Balaban J connectivity index is 1.29. The van der Waals surface area contributed by atoms with Crippen LogP contribution in [0.15, 0.2) is 30.5 Å². The van der Waals surface area contributed by atoms with Crippen LogP contribution in [0, 0.1) is 5.82 Å². The van der Waals surface area contributed by atoms with Gasteiger partial charge in [-0.15, -0.1) is 5.10 Å². The van der Waals surface area contributed by atoms with Crippen LogP contribution >= 0.6 is 11.3 Å². The lowest BCUT2D eigenvalue weighted by atomic mass is 10.2. The molecule has 1 saturated carbocycles. The van der Waals surface area contributed by atoms with Gasteiger partial charge in [0.2, 0.25) is 16.0 Å². The Bertz CT molecular complexity index is 969. The third kappa shape index (κ3) is 2.96. The van der Waals surface area contributed by atoms with Crippen LogP contribution < -0.4 is 10.6 Å². The molecule has 1 aliphatic carbocycles. The molecule has 3 aromatic rings. The van der Waals surface area contributed by atoms with Gasteiger partial charge in [-0.3, -0.25) is 4.79 Å². The van der Waals surface area contributed by atoms with Crippen molar-refractivity contribution in [1.29, 1.82) is 0 Å². The minimum atomic E-state index is -0.596. The first-order valence-electron chi connectivity index (χ1n) is 8.97. The van der Waals surface area contributed by atoms with Crippen LogP contribution in [0.25, 0.3) is 16.2 Å². The van der Waals surface area contributed by atoms with Gasteiger partial charge < -0.3 is 15.5 Å². The summed E-state index contributed by atoms with van der Waals surface area (Å²) in [7, 11) is 0. The lowest BCUT2D eigenvalue weighted by Gasteiger charge is -2.35. The second kappa shape index (κ2) is 6.00. The first kappa shape index (κ1) is 16.6. The van der Waals surface area contributed by atoms with E-state index in [1.165, 1.54) is 23.5 Å². The summed E-state index contributed by atoms with van der Waals surface area (Å²) in [5.74, 6) is -0.180. The zero-order valence-electron chi connectivity index (χ0n) is 14.6. The molecule has 0 unspecified atom stereocenters. The zero-order valence-corrected chi connectivity index (χ0v) is 15.5. The molecule has 9 heteroatoms. The Hall–Kier alpha value is -2.52. The number of hydrogen-bond donors (Lipinski definition) is 1. The lowest BCUT2D eigenvalue weighted by molar-refractivity contribution is -0.133. The van der Waals surface area contributed by atoms with Crippen LogP contribution in [0.4, 0.5) is 9.52 Å². The van der Waals surface area contributed by atoms with Crippen molar-refractivity contribution < 1.29 is 9.18 Å². The minimum Gasteiger partial charge on any atom is -0.343 e. The Morgan fingerprint density at radius 1 is 1.15 bits per heavy atom. The molecule has 27 heavy (non-hydrogen) atoms. The predicted molar refractivity (Wildman–Crippen MR) is 101 cm³/mol. The molecule has 0 atom stereocenters. The maximum atomic E-state index is 13.1. The van der Waals surface area contributed by atoms with Crippen molar-refractivity contribution in [3.05, 3.63) is 36.3 Å². The standard InChI is InChI=1S/C18H19FN6OS/c19-13-3-1-12(2-4-13)14-11-25-16(21-14)27-17(22-25)24-9-7-23(8-10-24)15(26)18(20)5-6-18/h1-4,11H,5-10,20H2. The number of imidazole rings is 1. The van der Waals surface area contributed by atoms with E-state index in [9.17, 15) is 9.18 Å². The van der Waals surface area contributed by atoms with Crippen molar-refractivity contribution in [3.8, 4) is 11.3 Å². The highest BCUT2D eigenvalue weighted by molar-refractivity contribution is 7.20. The number of nitrogens with two attached hydrogens (primary N) is 1. The van der Waals surface area contributed by atoms with Crippen LogP contribution in [-0.2, 0) is 4.79 Å². The maximum absolute atomic E-state index is 13.1. The van der Waals surface area contributed by atoms with E-state index in [0.29, 0.717) is 13.1 Å². The lowest BCUT2D eigenvalue weighted by Crippen LogP contribution is -2.54. The molecule has 2 N–H and O–H groups in total. The summed E-state index contributed by atoms with van der Waals surface area (Å²) in [5.41, 5.74) is 7.06. The second-order valence-electron chi connectivity index (χ2n) is 7.18. The van der Waals surface area contributed by atoms with E-state index in [1.807, 2.05) is 11.1 Å².